The van der Waals surface area contributed by atoms with Crippen molar-refractivity contribution >= 4 is 15.9 Å². The Morgan fingerprint density at radius 2 is 1.62 bits per heavy atom. The van der Waals surface area contributed by atoms with Gasteiger partial charge in [0, 0.05) is 6.04 Å². The lowest BCUT2D eigenvalue weighted by molar-refractivity contribution is -0.123. The molecule has 1 aromatic rings. The van der Waals surface area contributed by atoms with E-state index >= 15 is 0 Å². The third-order valence-corrected chi connectivity index (χ3v) is 5.86. The maximum absolute atomic E-state index is 12.9. The Morgan fingerprint density at radius 1 is 1.08 bits per heavy atom. The molecule has 1 amide bonds. The van der Waals surface area contributed by atoms with Gasteiger partial charge in [-0.15, -0.1) is 0 Å². The molecule has 1 atom stereocenters. The van der Waals surface area contributed by atoms with E-state index in [1.807, 2.05) is 0 Å². The fourth-order valence-electron chi connectivity index (χ4n) is 2.89. The molecule has 0 aromatic heterocycles. The van der Waals surface area contributed by atoms with Gasteiger partial charge < -0.3 is 5.32 Å². The van der Waals surface area contributed by atoms with Crippen LogP contribution in [0.2, 0.25) is 0 Å². The predicted octanol–water partition coefficient (Wildman–Crippen LogP) is 2.72. The van der Waals surface area contributed by atoms with Gasteiger partial charge in [0.1, 0.15) is 5.82 Å². The highest BCUT2D eigenvalue weighted by atomic mass is 32.2. The number of hydrogen-bond acceptors (Lipinski definition) is 3. The van der Waals surface area contributed by atoms with Crippen LogP contribution in [-0.4, -0.2) is 26.4 Å². The molecule has 24 heavy (non-hydrogen) atoms. The molecule has 2 rings (SSSR count). The second kappa shape index (κ2) is 8.58. The van der Waals surface area contributed by atoms with Gasteiger partial charge >= 0.3 is 0 Å². The van der Waals surface area contributed by atoms with E-state index in [1.165, 1.54) is 38.3 Å². The van der Waals surface area contributed by atoms with Crippen LogP contribution < -0.4 is 10.0 Å². The lowest BCUT2D eigenvalue weighted by atomic mass is 9.96. The molecule has 1 saturated carbocycles. The molecule has 1 fully saturated rings. The predicted molar refractivity (Wildman–Crippen MR) is 90.4 cm³/mol. The highest BCUT2D eigenvalue weighted by Gasteiger charge is 2.24. The first-order valence-electron chi connectivity index (χ1n) is 8.47. The van der Waals surface area contributed by atoms with Gasteiger partial charge in [-0.25, -0.2) is 12.8 Å². The van der Waals surface area contributed by atoms with Gasteiger partial charge in [0.05, 0.1) is 10.9 Å². The lowest BCUT2D eigenvalue weighted by Crippen LogP contribution is -2.48. The van der Waals surface area contributed by atoms with Gasteiger partial charge in [-0.1, -0.05) is 32.1 Å². The van der Waals surface area contributed by atoms with Crippen molar-refractivity contribution in [2.45, 2.75) is 68.8 Å². The number of carbonyl (C=O) groups excluding carboxylic acids is 1. The average molecular weight is 356 g/mol. The molecule has 1 aliphatic rings. The lowest BCUT2D eigenvalue weighted by Gasteiger charge is -2.23. The summed E-state index contributed by atoms with van der Waals surface area (Å²) in [5.41, 5.74) is 0. The van der Waals surface area contributed by atoms with Crippen molar-refractivity contribution in [1.82, 2.24) is 10.0 Å². The number of carbonyl (C=O) groups is 1. The highest BCUT2D eigenvalue weighted by molar-refractivity contribution is 7.89. The van der Waals surface area contributed by atoms with Crippen molar-refractivity contribution in [2.24, 2.45) is 0 Å². The van der Waals surface area contributed by atoms with E-state index < -0.39 is 21.9 Å². The monoisotopic (exact) mass is 356 g/mol. The zero-order chi connectivity index (χ0) is 17.6. The summed E-state index contributed by atoms with van der Waals surface area (Å²) in [7, 11) is -3.85. The molecule has 0 aliphatic heterocycles. The fourth-order valence-corrected chi connectivity index (χ4v) is 4.10. The molecule has 0 heterocycles. The number of benzene rings is 1. The first-order valence-corrected chi connectivity index (χ1v) is 9.95. The second-order valence-electron chi connectivity index (χ2n) is 6.35. The van der Waals surface area contributed by atoms with Gasteiger partial charge in [0.2, 0.25) is 15.9 Å². The minimum absolute atomic E-state index is 0.0606. The molecule has 0 unspecified atom stereocenters. The summed E-state index contributed by atoms with van der Waals surface area (Å²) in [5.74, 6) is -0.838. The van der Waals surface area contributed by atoms with E-state index in [2.05, 4.69) is 10.0 Å². The maximum atomic E-state index is 12.9. The van der Waals surface area contributed by atoms with Gasteiger partial charge in [-0.3, -0.25) is 4.79 Å². The largest absolute Gasteiger partial charge is 0.352 e. The SMILES string of the molecule is C[C@H](NS(=O)(=O)c1ccc(F)cc1)C(=O)NC1CCCCCCC1. The van der Waals surface area contributed by atoms with Crippen molar-refractivity contribution in [1.29, 1.82) is 0 Å². The van der Waals surface area contributed by atoms with Crippen molar-refractivity contribution in [3.05, 3.63) is 30.1 Å². The van der Waals surface area contributed by atoms with Crippen LogP contribution >= 0.6 is 0 Å². The molecule has 1 aliphatic carbocycles. The number of amides is 1. The summed E-state index contributed by atoms with van der Waals surface area (Å²) in [5, 5.41) is 2.94. The van der Waals surface area contributed by atoms with Gasteiger partial charge in [0.15, 0.2) is 0 Å². The average Bonchev–Trinajstić information content (AvgIpc) is 2.49. The molecule has 5 nitrogen and oxygen atoms in total. The smallest absolute Gasteiger partial charge is 0.241 e. The van der Waals surface area contributed by atoms with Gasteiger partial charge in [-0.05, 0) is 44.0 Å². The zero-order valence-electron chi connectivity index (χ0n) is 13.9. The molecule has 0 spiro atoms. The molecule has 2 N–H and O–H groups in total. The molecule has 0 bridgehead atoms. The Hall–Kier alpha value is -1.47. The van der Waals surface area contributed by atoms with Crippen LogP contribution in [0.1, 0.15) is 51.9 Å². The summed E-state index contributed by atoms with van der Waals surface area (Å²) < 4.78 is 39.7. The van der Waals surface area contributed by atoms with Crippen LogP contribution in [0.4, 0.5) is 4.39 Å². The Morgan fingerprint density at radius 3 is 2.21 bits per heavy atom. The maximum Gasteiger partial charge on any atom is 0.241 e. The van der Waals surface area contributed by atoms with Crippen LogP contribution in [0, 0.1) is 5.82 Å². The molecule has 134 valence electrons. The van der Waals surface area contributed by atoms with E-state index in [4.69, 9.17) is 0 Å². The Labute approximate surface area is 143 Å². The van der Waals surface area contributed by atoms with Crippen LogP contribution in [-0.2, 0) is 14.8 Å². The second-order valence-corrected chi connectivity index (χ2v) is 8.06. The van der Waals surface area contributed by atoms with Gasteiger partial charge in [-0.2, -0.15) is 4.72 Å². The molecule has 0 radical (unpaired) electrons. The van der Waals surface area contributed by atoms with Gasteiger partial charge in [0.25, 0.3) is 0 Å². The van der Waals surface area contributed by atoms with E-state index in [-0.39, 0.29) is 16.8 Å². The quantitative estimate of drug-likeness (QED) is 0.852. The Balaban J connectivity index is 1.93. The summed E-state index contributed by atoms with van der Waals surface area (Å²) in [6.45, 7) is 1.51. The van der Waals surface area contributed by atoms with E-state index in [1.54, 1.807) is 0 Å². The number of hydrogen-bond donors (Lipinski definition) is 2. The van der Waals surface area contributed by atoms with E-state index in [0.717, 1.165) is 37.8 Å². The third kappa shape index (κ3) is 5.56. The standard InChI is InChI=1S/C17H25FN2O3S/c1-13(17(21)19-15-7-5-3-2-4-6-8-15)20-24(22,23)16-11-9-14(18)10-12-16/h9-13,15,20H,2-8H2,1H3,(H,19,21)/t13-/m0/s1. The number of rotatable bonds is 5. The first-order chi connectivity index (χ1) is 11.4. The van der Waals surface area contributed by atoms with Crippen molar-refractivity contribution in [3.63, 3.8) is 0 Å². The van der Waals surface area contributed by atoms with Crippen molar-refractivity contribution < 1.29 is 17.6 Å². The van der Waals surface area contributed by atoms with Crippen LogP contribution in [0.15, 0.2) is 29.2 Å². The normalized spacial score (nSPS) is 18.4. The number of nitrogens with one attached hydrogen (secondary N) is 2. The topological polar surface area (TPSA) is 75.3 Å². The van der Waals surface area contributed by atoms with E-state index in [0.29, 0.717) is 0 Å². The van der Waals surface area contributed by atoms with Crippen LogP contribution in [0.3, 0.4) is 0 Å². The van der Waals surface area contributed by atoms with Crippen molar-refractivity contribution in [3.8, 4) is 0 Å². The summed E-state index contributed by atoms with van der Waals surface area (Å²) in [6, 6.07) is 3.73. The van der Waals surface area contributed by atoms with Crippen molar-refractivity contribution in [2.75, 3.05) is 0 Å². The zero-order valence-corrected chi connectivity index (χ0v) is 14.7. The summed E-state index contributed by atoms with van der Waals surface area (Å²) in [6.07, 6.45) is 7.64. The number of sulfonamides is 1. The Bertz CT molecular complexity index is 638. The summed E-state index contributed by atoms with van der Waals surface area (Å²) in [4.78, 5) is 12.2. The van der Waals surface area contributed by atoms with Crippen LogP contribution in [0.25, 0.3) is 0 Å². The third-order valence-electron chi connectivity index (χ3n) is 4.30. The Kier molecular flexibility index (Phi) is 6.74. The fraction of sp³-hybridized carbons (Fsp3) is 0.588. The summed E-state index contributed by atoms with van der Waals surface area (Å²) >= 11 is 0. The highest BCUT2D eigenvalue weighted by Crippen LogP contribution is 2.17. The molecular formula is C17H25FN2O3S. The molecular weight excluding hydrogens is 331 g/mol. The van der Waals surface area contributed by atoms with Crippen LogP contribution in [0.5, 0.6) is 0 Å². The molecule has 0 saturated heterocycles. The molecule has 7 heteroatoms. The minimum atomic E-state index is -3.85. The number of halogens is 1. The minimum Gasteiger partial charge on any atom is -0.352 e. The van der Waals surface area contributed by atoms with E-state index in [9.17, 15) is 17.6 Å². The first kappa shape index (κ1) is 18.9. The molecule has 1 aromatic carbocycles.